The van der Waals surface area contributed by atoms with Crippen molar-refractivity contribution in [3.63, 3.8) is 0 Å². The average Bonchev–Trinajstić information content (AvgIpc) is 2.85. The van der Waals surface area contributed by atoms with E-state index in [1.165, 1.54) is 19.2 Å². The first-order chi connectivity index (χ1) is 17.2. The summed E-state index contributed by atoms with van der Waals surface area (Å²) < 4.78 is 16.2. The number of nitrogens with zero attached hydrogens (tertiary/aromatic N) is 1. The van der Waals surface area contributed by atoms with Crippen molar-refractivity contribution < 1.29 is 23.8 Å². The number of halogens is 3. The number of anilines is 1. The van der Waals surface area contributed by atoms with Gasteiger partial charge in [0.1, 0.15) is 18.1 Å². The van der Waals surface area contributed by atoms with Crippen LogP contribution in [-0.2, 0) is 4.74 Å². The van der Waals surface area contributed by atoms with E-state index in [-0.39, 0.29) is 12.5 Å². The van der Waals surface area contributed by atoms with Gasteiger partial charge in [0.15, 0.2) is 6.10 Å². The highest BCUT2D eigenvalue weighted by Gasteiger charge is 2.25. The summed E-state index contributed by atoms with van der Waals surface area (Å²) in [4.78, 5) is 26.2. The number of hydrogen-bond donors (Lipinski definition) is 3. The van der Waals surface area contributed by atoms with Gasteiger partial charge >= 0.3 is 6.09 Å². The number of ether oxygens (including phenoxy) is 3. The molecule has 5 N–H and O–H groups in total. The van der Waals surface area contributed by atoms with Crippen LogP contribution in [0.1, 0.15) is 23.2 Å². The van der Waals surface area contributed by atoms with Crippen LogP contribution >= 0.6 is 34.8 Å². The van der Waals surface area contributed by atoms with Crippen molar-refractivity contribution in [1.29, 1.82) is 0 Å². The Morgan fingerprint density at radius 3 is 2.47 bits per heavy atom. The fraction of sp³-hybridized carbons (Fsp3) is 0.417. The SMILES string of the molecule is COc1cc(N)c(Cl)cc1C(=O)NCC1CCN(CC(COc2ccc(Cl)c(Cl)c2)OC(N)=O)CC1. The van der Waals surface area contributed by atoms with Gasteiger partial charge < -0.3 is 31.0 Å². The highest BCUT2D eigenvalue weighted by Crippen LogP contribution is 2.29. The number of piperidine rings is 1. The van der Waals surface area contributed by atoms with Crippen LogP contribution in [0.5, 0.6) is 11.5 Å². The van der Waals surface area contributed by atoms with Crippen LogP contribution in [0.3, 0.4) is 0 Å². The summed E-state index contributed by atoms with van der Waals surface area (Å²) in [6, 6.07) is 7.95. The number of hydrogen-bond acceptors (Lipinski definition) is 7. The lowest BCUT2D eigenvalue weighted by Crippen LogP contribution is -2.44. The lowest BCUT2D eigenvalue weighted by atomic mass is 9.96. The molecule has 12 heteroatoms. The molecular formula is C24H29Cl3N4O5. The number of benzene rings is 2. The summed E-state index contributed by atoms with van der Waals surface area (Å²) in [5.41, 5.74) is 11.7. The highest BCUT2D eigenvalue weighted by molar-refractivity contribution is 6.42. The second-order valence-electron chi connectivity index (χ2n) is 8.47. The summed E-state index contributed by atoms with van der Waals surface area (Å²) in [7, 11) is 1.47. The first-order valence-electron chi connectivity index (χ1n) is 11.3. The van der Waals surface area contributed by atoms with Gasteiger partial charge in [-0.3, -0.25) is 9.69 Å². The van der Waals surface area contributed by atoms with Gasteiger partial charge in [0, 0.05) is 25.2 Å². The Balaban J connectivity index is 1.47. The molecule has 0 radical (unpaired) electrons. The molecule has 1 fully saturated rings. The maximum absolute atomic E-state index is 12.7. The third kappa shape index (κ3) is 7.96. The number of carbonyl (C=O) groups excluding carboxylic acids is 2. The number of carbonyl (C=O) groups is 2. The Kier molecular flexibility index (Phi) is 10.2. The Hall–Kier alpha value is -2.59. The predicted molar refractivity (Wildman–Crippen MR) is 140 cm³/mol. The van der Waals surface area contributed by atoms with Crippen LogP contribution in [0.15, 0.2) is 30.3 Å². The van der Waals surface area contributed by atoms with Gasteiger partial charge in [-0.1, -0.05) is 34.8 Å². The minimum absolute atomic E-state index is 0.114. The first kappa shape index (κ1) is 28.0. The fourth-order valence-corrected chi connectivity index (χ4v) is 4.40. The molecule has 9 nitrogen and oxygen atoms in total. The van der Waals surface area contributed by atoms with Crippen LogP contribution in [0.4, 0.5) is 10.5 Å². The molecule has 1 aliphatic heterocycles. The van der Waals surface area contributed by atoms with E-state index in [9.17, 15) is 9.59 Å². The van der Waals surface area contributed by atoms with E-state index in [2.05, 4.69) is 10.2 Å². The maximum Gasteiger partial charge on any atom is 0.404 e. The van der Waals surface area contributed by atoms with Crippen molar-refractivity contribution >= 4 is 52.5 Å². The van der Waals surface area contributed by atoms with Gasteiger partial charge in [-0.15, -0.1) is 0 Å². The van der Waals surface area contributed by atoms with Crippen molar-refractivity contribution in [2.24, 2.45) is 11.7 Å². The predicted octanol–water partition coefficient (Wildman–Crippen LogP) is 4.22. The van der Waals surface area contributed by atoms with E-state index < -0.39 is 12.2 Å². The van der Waals surface area contributed by atoms with Crippen LogP contribution in [0.2, 0.25) is 15.1 Å². The third-order valence-electron chi connectivity index (χ3n) is 5.89. The third-order valence-corrected chi connectivity index (χ3v) is 6.96. The molecule has 0 bridgehead atoms. The number of nitrogen functional groups attached to an aromatic ring is 1. The van der Waals surface area contributed by atoms with E-state index in [1.54, 1.807) is 18.2 Å². The zero-order valence-corrected chi connectivity index (χ0v) is 22.0. The molecule has 2 amide bonds. The molecule has 2 aromatic rings. The van der Waals surface area contributed by atoms with Crippen molar-refractivity contribution in [1.82, 2.24) is 10.2 Å². The first-order valence-corrected chi connectivity index (χ1v) is 12.5. The fourth-order valence-electron chi connectivity index (χ4n) is 3.95. The number of nitrogens with one attached hydrogen (secondary N) is 1. The number of amides is 2. The monoisotopic (exact) mass is 558 g/mol. The normalized spacial score (nSPS) is 15.2. The molecule has 2 aromatic carbocycles. The Labute approximate surface area is 224 Å². The quantitative estimate of drug-likeness (QED) is 0.372. The number of primary amides is 1. The van der Waals surface area contributed by atoms with Crippen molar-refractivity contribution in [2.45, 2.75) is 18.9 Å². The van der Waals surface area contributed by atoms with Gasteiger partial charge in [0.2, 0.25) is 0 Å². The van der Waals surface area contributed by atoms with E-state index in [1.807, 2.05) is 0 Å². The Morgan fingerprint density at radius 2 is 1.83 bits per heavy atom. The van der Waals surface area contributed by atoms with Crippen molar-refractivity contribution in [3.8, 4) is 11.5 Å². The van der Waals surface area contributed by atoms with Crippen molar-refractivity contribution in [3.05, 3.63) is 51.0 Å². The summed E-state index contributed by atoms with van der Waals surface area (Å²) in [5.74, 6) is 0.901. The highest BCUT2D eigenvalue weighted by atomic mass is 35.5. The molecule has 36 heavy (non-hydrogen) atoms. The lowest BCUT2D eigenvalue weighted by Gasteiger charge is -2.34. The molecular weight excluding hydrogens is 531 g/mol. The zero-order chi connectivity index (χ0) is 26.2. The van der Waals surface area contributed by atoms with Crippen LogP contribution < -0.4 is 26.3 Å². The summed E-state index contributed by atoms with van der Waals surface area (Å²) in [6.07, 6.45) is 0.290. The second-order valence-corrected chi connectivity index (χ2v) is 9.70. The van der Waals surface area contributed by atoms with Gasteiger partial charge in [-0.2, -0.15) is 0 Å². The Morgan fingerprint density at radius 1 is 1.11 bits per heavy atom. The molecule has 0 aromatic heterocycles. The van der Waals surface area contributed by atoms with Gasteiger partial charge in [0.05, 0.1) is 33.4 Å². The van der Waals surface area contributed by atoms with Gasteiger partial charge in [-0.05, 0) is 50.0 Å². The van der Waals surface area contributed by atoms with Gasteiger partial charge in [-0.25, -0.2) is 4.79 Å². The number of nitrogens with two attached hydrogens (primary N) is 2. The van der Waals surface area contributed by atoms with Crippen molar-refractivity contribution in [2.75, 3.05) is 45.6 Å². The molecule has 1 aliphatic rings. The Bertz CT molecular complexity index is 1080. The van der Waals surface area contributed by atoms with Crippen LogP contribution in [0, 0.1) is 5.92 Å². The van der Waals surface area contributed by atoms with E-state index >= 15 is 0 Å². The van der Waals surface area contributed by atoms with Gasteiger partial charge in [0.25, 0.3) is 5.91 Å². The molecule has 1 unspecified atom stereocenters. The molecule has 1 saturated heterocycles. The second kappa shape index (κ2) is 13.1. The molecule has 3 rings (SSSR count). The topological polar surface area (TPSA) is 129 Å². The number of rotatable bonds is 10. The van der Waals surface area contributed by atoms with Crippen LogP contribution in [0.25, 0.3) is 0 Å². The standard InChI is InChI=1S/C24H29Cl3N4O5/c1-34-22-10-21(28)20(27)9-17(22)23(32)30-11-14-4-6-31(7-5-14)12-16(36-24(29)33)13-35-15-2-3-18(25)19(26)8-15/h2-3,8-10,14,16H,4-7,11-13,28H2,1H3,(H2,29,33)(H,30,32). The molecule has 0 spiro atoms. The average molecular weight is 560 g/mol. The summed E-state index contributed by atoms with van der Waals surface area (Å²) >= 11 is 18.0. The number of likely N-dealkylation sites (tertiary alicyclic amines) is 1. The minimum Gasteiger partial charge on any atom is -0.496 e. The molecule has 0 aliphatic carbocycles. The summed E-state index contributed by atoms with van der Waals surface area (Å²) in [5, 5.41) is 4.04. The van der Waals surface area contributed by atoms with Crippen LogP contribution in [-0.4, -0.2) is 62.9 Å². The molecule has 1 heterocycles. The zero-order valence-electron chi connectivity index (χ0n) is 19.8. The smallest absolute Gasteiger partial charge is 0.404 e. The summed E-state index contributed by atoms with van der Waals surface area (Å²) in [6.45, 7) is 2.62. The number of methoxy groups -OCH3 is 1. The lowest BCUT2D eigenvalue weighted by molar-refractivity contribution is 0.0367. The van der Waals surface area contributed by atoms with E-state index in [0.717, 1.165) is 25.9 Å². The van der Waals surface area contributed by atoms with E-state index in [0.29, 0.717) is 56.8 Å². The molecule has 1 atom stereocenters. The minimum atomic E-state index is -0.867. The maximum atomic E-state index is 12.7. The molecule has 0 saturated carbocycles. The molecule has 196 valence electrons. The van der Waals surface area contributed by atoms with E-state index in [4.69, 9.17) is 60.5 Å². The largest absolute Gasteiger partial charge is 0.496 e.